The number of aromatic nitrogens is 3. The zero-order chi connectivity index (χ0) is 17.2. The molecule has 1 aliphatic heterocycles. The third-order valence-electron chi connectivity index (χ3n) is 5.16. The van der Waals surface area contributed by atoms with Gasteiger partial charge in [-0.05, 0) is 37.7 Å². The zero-order valence-corrected chi connectivity index (χ0v) is 14.6. The number of methoxy groups -OCH3 is 1. The molecule has 2 aromatic heterocycles. The standard InChI is InChI=1S/C19H24N4O2/c1-25-17-11-15(6-7-20-17)19(24)23-9-2-3-16(13-23)18-21-8-10-22(18)12-14-4-5-14/h6-8,10-11,14,16H,2-5,9,12-13H2,1H3. The second-order valence-electron chi connectivity index (χ2n) is 7.06. The SMILES string of the molecule is COc1cc(C(=O)N2CCCC(c3nccn3CC3CC3)C2)ccn1. The lowest BCUT2D eigenvalue weighted by atomic mass is 9.96. The van der Waals surface area contributed by atoms with Gasteiger partial charge in [0.25, 0.3) is 5.91 Å². The van der Waals surface area contributed by atoms with Crippen LogP contribution in [-0.2, 0) is 6.54 Å². The number of hydrogen-bond acceptors (Lipinski definition) is 4. The van der Waals surface area contributed by atoms with Crippen molar-refractivity contribution >= 4 is 5.91 Å². The number of imidazole rings is 1. The Labute approximate surface area is 147 Å². The maximum atomic E-state index is 12.9. The first-order valence-electron chi connectivity index (χ1n) is 9.05. The summed E-state index contributed by atoms with van der Waals surface area (Å²) in [6, 6.07) is 3.46. The summed E-state index contributed by atoms with van der Waals surface area (Å²) >= 11 is 0. The van der Waals surface area contributed by atoms with Crippen LogP contribution in [0.3, 0.4) is 0 Å². The first-order chi connectivity index (χ1) is 12.2. The smallest absolute Gasteiger partial charge is 0.254 e. The van der Waals surface area contributed by atoms with E-state index in [1.54, 1.807) is 25.4 Å². The topological polar surface area (TPSA) is 60.2 Å². The van der Waals surface area contributed by atoms with Crippen molar-refractivity contribution in [1.29, 1.82) is 0 Å². The first-order valence-corrected chi connectivity index (χ1v) is 9.05. The number of piperidine rings is 1. The third-order valence-corrected chi connectivity index (χ3v) is 5.16. The average molecular weight is 340 g/mol. The lowest BCUT2D eigenvalue weighted by Crippen LogP contribution is -2.39. The number of nitrogens with zero attached hydrogens (tertiary/aromatic N) is 4. The van der Waals surface area contributed by atoms with Gasteiger partial charge in [0, 0.05) is 55.8 Å². The number of ether oxygens (including phenoxy) is 1. The molecule has 4 rings (SSSR count). The van der Waals surface area contributed by atoms with Crippen molar-refractivity contribution in [1.82, 2.24) is 19.4 Å². The second-order valence-corrected chi connectivity index (χ2v) is 7.06. The van der Waals surface area contributed by atoms with E-state index in [-0.39, 0.29) is 5.91 Å². The molecule has 1 amide bonds. The van der Waals surface area contributed by atoms with Gasteiger partial charge in [0.2, 0.25) is 5.88 Å². The number of carbonyl (C=O) groups excluding carboxylic acids is 1. The highest BCUT2D eigenvalue weighted by atomic mass is 16.5. The molecule has 1 saturated carbocycles. The van der Waals surface area contributed by atoms with E-state index in [0.29, 0.717) is 17.4 Å². The van der Waals surface area contributed by atoms with Crippen molar-refractivity contribution in [3.05, 3.63) is 42.1 Å². The van der Waals surface area contributed by atoms with Crippen molar-refractivity contribution in [2.24, 2.45) is 5.92 Å². The highest BCUT2D eigenvalue weighted by Crippen LogP contribution is 2.33. The van der Waals surface area contributed by atoms with Crippen molar-refractivity contribution in [3.63, 3.8) is 0 Å². The molecule has 0 radical (unpaired) electrons. The number of rotatable bonds is 5. The minimum atomic E-state index is 0.0469. The van der Waals surface area contributed by atoms with Crippen LogP contribution in [0, 0.1) is 5.92 Å². The molecule has 3 heterocycles. The Morgan fingerprint density at radius 3 is 2.96 bits per heavy atom. The molecule has 2 aliphatic rings. The van der Waals surface area contributed by atoms with Crippen LogP contribution in [0.5, 0.6) is 5.88 Å². The maximum absolute atomic E-state index is 12.9. The summed E-state index contributed by atoms with van der Waals surface area (Å²) in [5.74, 6) is 2.79. The van der Waals surface area contributed by atoms with Crippen LogP contribution in [0.4, 0.5) is 0 Å². The summed E-state index contributed by atoms with van der Waals surface area (Å²) in [5, 5.41) is 0. The number of pyridine rings is 1. The number of hydrogen-bond donors (Lipinski definition) is 0. The van der Waals surface area contributed by atoms with E-state index in [1.807, 2.05) is 11.1 Å². The van der Waals surface area contributed by atoms with Crippen LogP contribution in [0.15, 0.2) is 30.7 Å². The predicted octanol–water partition coefficient (Wildman–Crippen LogP) is 2.72. The summed E-state index contributed by atoms with van der Waals surface area (Å²) in [4.78, 5) is 23.5. The number of amides is 1. The van der Waals surface area contributed by atoms with Crippen molar-refractivity contribution < 1.29 is 9.53 Å². The van der Waals surface area contributed by atoms with E-state index >= 15 is 0 Å². The fourth-order valence-corrected chi connectivity index (χ4v) is 3.62. The van der Waals surface area contributed by atoms with Crippen molar-refractivity contribution in [3.8, 4) is 5.88 Å². The molecule has 132 valence electrons. The molecule has 1 saturated heterocycles. The van der Waals surface area contributed by atoms with Crippen LogP contribution in [-0.4, -0.2) is 45.5 Å². The van der Waals surface area contributed by atoms with E-state index in [9.17, 15) is 4.79 Å². The normalized spacial score (nSPS) is 20.5. The molecule has 1 atom stereocenters. The van der Waals surface area contributed by atoms with Crippen LogP contribution < -0.4 is 4.74 Å². The minimum Gasteiger partial charge on any atom is -0.481 e. The van der Waals surface area contributed by atoms with Crippen LogP contribution >= 0.6 is 0 Å². The van der Waals surface area contributed by atoms with E-state index < -0.39 is 0 Å². The van der Waals surface area contributed by atoms with Gasteiger partial charge in [0.15, 0.2) is 0 Å². The molecular formula is C19H24N4O2. The van der Waals surface area contributed by atoms with E-state index in [1.165, 1.54) is 12.8 Å². The Bertz CT molecular complexity index is 753. The summed E-state index contributed by atoms with van der Waals surface area (Å²) in [7, 11) is 1.56. The number of likely N-dealkylation sites (tertiary alicyclic amines) is 1. The molecule has 6 heteroatoms. The van der Waals surface area contributed by atoms with Crippen LogP contribution in [0.1, 0.15) is 47.8 Å². The van der Waals surface area contributed by atoms with Crippen molar-refractivity contribution in [2.75, 3.05) is 20.2 Å². The molecule has 1 aliphatic carbocycles. The van der Waals surface area contributed by atoms with E-state index in [0.717, 1.165) is 44.2 Å². The van der Waals surface area contributed by atoms with Gasteiger partial charge in [0.1, 0.15) is 5.82 Å². The van der Waals surface area contributed by atoms with Gasteiger partial charge in [-0.25, -0.2) is 9.97 Å². The Morgan fingerprint density at radius 2 is 2.16 bits per heavy atom. The van der Waals surface area contributed by atoms with Gasteiger partial charge in [-0.3, -0.25) is 4.79 Å². The molecule has 0 spiro atoms. The summed E-state index contributed by atoms with van der Waals surface area (Å²) < 4.78 is 7.43. The highest BCUT2D eigenvalue weighted by molar-refractivity contribution is 5.94. The molecule has 6 nitrogen and oxygen atoms in total. The summed E-state index contributed by atoms with van der Waals surface area (Å²) in [5.41, 5.74) is 0.633. The fraction of sp³-hybridized carbons (Fsp3) is 0.526. The molecule has 25 heavy (non-hydrogen) atoms. The summed E-state index contributed by atoms with van der Waals surface area (Å²) in [6.07, 6.45) is 10.4. The van der Waals surface area contributed by atoms with Crippen LogP contribution in [0.2, 0.25) is 0 Å². The van der Waals surface area contributed by atoms with E-state index in [2.05, 4.69) is 20.7 Å². The molecule has 0 bridgehead atoms. The van der Waals surface area contributed by atoms with Crippen LogP contribution in [0.25, 0.3) is 0 Å². The fourth-order valence-electron chi connectivity index (χ4n) is 3.62. The van der Waals surface area contributed by atoms with Crippen molar-refractivity contribution in [2.45, 2.75) is 38.1 Å². The first kappa shape index (κ1) is 16.1. The quantitative estimate of drug-likeness (QED) is 0.840. The second kappa shape index (κ2) is 6.86. The van der Waals surface area contributed by atoms with Gasteiger partial charge >= 0.3 is 0 Å². The monoisotopic (exact) mass is 340 g/mol. The molecule has 2 fully saturated rings. The number of carbonyl (C=O) groups is 1. The van der Waals surface area contributed by atoms with Gasteiger partial charge in [-0.15, -0.1) is 0 Å². The lowest BCUT2D eigenvalue weighted by molar-refractivity contribution is 0.0702. The average Bonchev–Trinajstić information content (AvgIpc) is 3.36. The van der Waals surface area contributed by atoms with E-state index in [4.69, 9.17) is 4.74 Å². The minimum absolute atomic E-state index is 0.0469. The largest absolute Gasteiger partial charge is 0.481 e. The summed E-state index contributed by atoms with van der Waals surface area (Å²) in [6.45, 7) is 2.59. The van der Waals surface area contributed by atoms with Gasteiger partial charge in [0.05, 0.1) is 7.11 Å². The lowest BCUT2D eigenvalue weighted by Gasteiger charge is -2.32. The molecule has 0 N–H and O–H groups in total. The Kier molecular flexibility index (Phi) is 4.42. The van der Waals surface area contributed by atoms with Gasteiger partial charge < -0.3 is 14.2 Å². The molecule has 2 aromatic rings. The zero-order valence-electron chi connectivity index (χ0n) is 14.6. The Morgan fingerprint density at radius 1 is 1.28 bits per heavy atom. The molecule has 0 aromatic carbocycles. The molecular weight excluding hydrogens is 316 g/mol. The highest BCUT2D eigenvalue weighted by Gasteiger charge is 2.29. The Balaban J connectivity index is 1.48. The molecule has 1 unspecified atom stereocenters. The predicted molar refractivity (Wildman–Crippen MR) is 93.6 cm³/mol. The third kappa shape index (κ3) is 3.52. The maximum Gasteiger partial charge on any atom is 0.254 e. The van der Waals surface area contributed by atoms with Gasteiger partial charge in [-0.2, -0.15) is 0 Å². The van der Waals surface area contributed by atoms with Gasteiger partial charge in [-0.1, -0.05) is 0 Å². The Hall–Kier alpha value is -2.37.